The molecule has 4 aliphatic rings. The van der Waals surface area contributed by atoms with Gasteiger partial charge in [0.2, 0.25) is 0 Å². The highest BCUT2D eigenvalue weighted by Gasteiger charge is 2.61. The molecule has 0 aromatic heterocycles. The van der Waals surface area contributed by atoms with Crippen LogP contribution in [0.15, 0.2) is 109 Å². The van der Waals surface area contributed by atoms with Crippen molar-refractivity contribution in [3.8, 4) is 0 Å². The highest BCUT2D eigenvalue weighted by atomic mass is 28.3. The second kappa shape index (κ2) is 10.8. The van der Waals surface area contributed by atoms with Crippen LogP contribution in [0.3, 0.4) is 0 Å². The fourth-order valence-electron chi connectivity index (χ4n) is 9.38. The summed E-state index contributed by atoms with van der Waals surface area (Å²) in [5.41, 5.74) is 1.48. The molecule has 2 aromatic carbocycles. The minimum Gasteiger partial charge on any atom is -0.0808 e. The Bertz CT molecular complexity index is 1060. The minimum absolute atomic E-state index is 0.667. The Kier molecular flexibility index (Phi) is 7.26. The summed E-state index contributed by atoms with van der Waals surface area (Å²) in [6, 6.07) is 23.9. The number of benzene rings is 2. The van der Waals surface area contributed by atoms with Gasteiger partial charge in [-0.3, -0.25) is 0 Å². The predicted octanol–water partition coefficient (Wildman–Crippen LogP) is 8.35. The van der Waals surface area contributed by atoms with Crippen molar-refractivity contribution >= 4 is 18.4 Å². The lowest BCUT2D eigenvalue weighted by molar-refractivity contribution is 0.390. The average molecular weight is 505 g/mol. The van der Waals surface area contributed by atoms with Gasteiger partial charge in [-0.05, 0) is 59.4 Å². The quantitative estimate of drug-likeness (QED) is 0.317. The monoisotopic (exact) mass is 504 g/mol. The van der Waals surface area contributed by atoms with Crippen LogP contribution in [0.5, 0.6) is 0 Å². The molecule has 2 saturated carbocycles. The minimum atomic E-state index is -2.21. The zero-order valence-electron chi connectivity index (χ0n) is 22.8. The fourth-order valence-corrected chi connectivity index (χ4v) is 16.7. The van der Waals surface area contributed by atoms with Crippen LogP contribution in [0.25, 0.3) is 0 Å². The topological polar surface area (TPSA) is 0 Å². The number of hydrogen-bond acceptors (Lipinski definition) is 0. The van der Waals surface area contributed by atoms with Crippen molar-refractivity contribution in [1.82, 2.24) is 0 Å². The summed E-state index contributed by atoms with van der Waals surface area (Å²) in [6.07, 6.45) is 28.0. The van der Waals surface area contributed by atoms with Crippen LogP contribution in [-0.2, 0) is 0 Å². The number of rotatable bonds is 8. The predicted molar refractivity (Wildman–Crippen MR) is 162 cm³/mol. The van der Waals surface area contributed by atoms with Gasteiger partial charge in [0, 0.05) is 0 Å². The van der Waals surface area contributed by atoms with E-state index in [0.717, 1.165) is 22.9 Å². The lowest BCUT2D eigenvalue weighted by Crippen LogP contribution is -2.66. The summed E-state index contributed by atoms with van der Waals surface area (Å²) < 4.78 is 0. The van der Waals surface area contributed by atoms with Crippen LogP contribution < -0.4 is 10.4 Å². The molecule has 37 heavy (non-hydrogen) atoms. The van der Waals surface area contributed by atoms with Gasteiger partial charge in [-0.25, -0.2) is 0 Å². The van der Waals surface area contributed by atoms with Gasteiger partial charge in [-0.15, -0.1) is 0 Å². The van der Waals surface area contributed by atoms with E-state index in [0.29, 0.717) is 23.7 Å². The Morgan fingerprint density at radius 1 is 0.541 bits per heavy atom. The molecule has 0 nitrogen and oxygen atoms in total. The van der Waals surface area contributed by atoms with Crippen molar-refractivity contribution in [3.05, 3.63) is 109 Å². The van der Waals surface area contributed by atoms with Gasteiger partial charge in [0.25, 0.3) is 0 Å². The first kappa shape index (κ1) is 24.9. The molecular formula is C36H44Si. The van der Waals surface area contributed by atoms with Crippen LogP contribution >= 0.6 is 0 Å². The fraction of sp³-hybridized carbons (Fsp3) is 0.444. The van der Waals surface area contributed by atoms with Crippen LogP contribution in [0, 0.1) is 35.5 Å². The van der Waals surface area contributed by atoms with Crippen LogP contribution in [0.4, 0.5) is 0 Å². The summed E-state index contributed by atoms with van der Waals surface area (Å²) in [4.78, 5) is 0. The van der Waals surface area contributed by atoms with Crippen molar-refractivity contribution in [2.24, 2.45) is 35.5 Å². The van der Waals surface area contributed by atoms with Crippen LogP contribution in [0.2, 0.25) is 11.1 Å². The first-order valence-electron chi connectivity index (χ1n) is 15.1. The summed E-state index contributed by atoms with van der Waals surface area (Å²) in [7, 11) is -2.21. The van der Waals surface area contributed by atoms with Gasteiger partial charge in [0.05, 0.1) is 0 Å². The zero-order valence-corrected chi connectivity index (χ0v) is 23.8. The van der Waals surface area contributed by atoms with Gasteiger partial charge in [0.1, 0.15) is 8.07 Å². The molecule has 0 N–H and O–H groups in total. The molecule has 0 aliphatic heterocycles. The summed E-state index contributed by atoms with van der Waals surface area (Å²) in [5.74, 6) is 4.37. The Labute approximate surface area is 226 Å². The summed E-state index contributed by atoms with van der Waals surface area (Å²) >= 11 is 0. The van der Waals surface area contributed by atoms with E-state index in [1.54, 1.807) is 10.4 Å². The Morgan fingerprint density at radius 3 is 1.30 bits per heavy atom. The van der Waals surface area contributed by atoms with Crippen LogP contribution in [-0.4, -0.2) is 8.07 Å². The van der Waals surface area contributed by atoms with Crippen molar-refractivity contribution in [2.75, 3.05) is 0 Å². The molecule has 2 aromatic rings. The van der Waals surface area contributed by atoms with E-state index in [2.05, 4.69) is 123 Å². The van der Waals surface area contributed by atoms with Gasteiger partial charge in [-0.2, -0.15) is 0 Å². The third kappa shape index (κ3) is 4.18. The lowest BCUT2D eigenvalue weighted by atomic mass is 9.84. The zero-order chi connectivity index (χ0) is 25.2. The van der Waals surface area contributed by atoms with Gasteiger partial charge in [0.15, 0.2) is 0 Å². The normalized spacial score (nSPS) is 34.0. The Balaban J connectivity index is 1.58. The van der Waals surface area contributed by atoms with Gasteiger partial charge >= 0.3 is 0 Å². The SMILES string of the molecule is CCCC1CC([Si](c2ccccc2)(c2ccccc2)C2CC(CCC)C3C=CC=CC32)C2C=CC=CC12. The molecule has 0 saturated heterocycles. The molecule has 8 atom stereocenters. The van der Waals surface area contributed by atoms with E-state index in [1.165, 1.54) is 38.5 Å². The molecule has 6 rings (SSSR count). The highest BCUT2D eigenvalue weighted by molar-refractivity contribution is 7.04. The average Bonchev–Trinajstić information content (AvgIpc) is 3.51. The van der Waals surface area contributed by atoms with Crippen molar-refractivity contribution < 1.29 is 0 Å². The molecule has 0 amide bonds. The molecule has 0 bridgehead atoms. The van der Waals surface area contributed by atoms with E-state index in [9.17, 15) is 0 Å². The molecule has 8 unspecified atom stereocenters. The Hall–Kier alpha value is -2.38. The van der Waals surface area contributed by atoms with E-state index in [4.69, 9.17) is 0 Å². The maximum atomic E-state index is 2.63. The molecule has 0 heterocycles. The second-order valence-electron chi connectivity index (χ2n) is 12.2. The smallest absolute Gasteiger partial charge is 0.0808 e. The molecule has 0 radical (unpaired) electrons. The van der Waals surface area contributed by atoms with E-state index in [-0.39, 0.29) is 0 Å². The molecule has 4 aliphatic carbocycles. The number of fused-ring (bicyclic) bond motifs is 2. The maximum Gasteiger partial charge on any atom is 0.125 e. The van der Waals surface area contributed by atoms with Crippen molar-refractivity contribution in [1.29, 1.82) is 0 Å². The molecular weight excluding hydrogens is 460 g/mol. The third-order valence-electron chi connectivity index (χ3n) is 10.6. The van der Waals surface area contributed by atoms with Crippen LogP contribution in [0.1, 0.15) is 52.4 Å². The molecule has 1 heteroatoms. The van der Waals surface area contributed by atoms with Gasteiger partial charge in [-0.1, -0.05) is 159 Å². The largest absolute Gasteiger partial charge is 0.125 e. The lowest BCUT2D eigenvalue weighted by Gasteiger charge is -2.48. The standard InChI is InChI=1S/C36H44Si/c1-3-15-27-25-35(33-23-13-11-21-31(27)33)37(29-17-7-5-8-18-29,30-19-9-6-10-20-30)36-26-28(16-4-2)32-22-12-14-24-34(32)36/h5-14,17-24,27-28,31-36H,3-4,15-16,25-26H2,1-2H3. The van der Waals surface area contributed by atoms with E-state index in [1.807, 2.05) is 0 Å². The molecule has 0 spiro atoms. The summed E-state index contributed by atoms with van der Waals surface area (Å²) in [5, 5.41) is 3.38. The van der Waals surface area contributed by atoms with E-state index < -0.39 is 8.07 Å². The number of hydrogen-bond donors (Lipinski definition) is 0. The summed E-state index contributed by atoms with van der Waals surface area (Å²) in [6.45, 7) is 4.78. The number of allylic oxidation sites excluding steroid dienone is 8. The first-order valence-corrected chi connectivity index (χ1v) is 17.3. The maximum absolute atomic E-state index is 2.63. The first-order chi connectivity index (χ1) is 18.3. The molecule has 192 valence electrons. The Morgan fingerprint density at radius 2 is 0.919 bits per heavy atom. The van der Waals surface area contributed by atoms with Crippen molar-refractivity contribution in [3.63, 3.8) is 0 Å². The molecule has 2 fully saturated rings. The second-order valence-corrected chi connectivity index (χ2v) is 16.6. The third-order valence-corrected chi connectivity index (χ3v) is 16.7. The van der Waals surface area contributed by atoms with Crippen molar-refractivity contribution in [2.45, 2.75) is 63.5 Å². The van der Waals surface area contributed by atoms with E-state index >= 15 is 0 Å². The van der Waals surface area contributed by atoms with Gasteiger partial charge < -0.3 is 0 Å². The highest BCUT2D eigenvalue weighted by Crippen LogP contribution is 2.62.